The van der Waals surface area contributed by atoms with Crippen LogP contribution in [0.25, 0.3) is 0 Å². The predicted octanol–water partition coefficient (Wildman–Crippen LogP) is 1.65. The molecule has 2 aliphatic heterocycles. The molecule has 3 heterocycles. The van der Waals surface area contributed by atoms with Gasteiger partial charge in [0.05, 0.1) is 18.4 Å². The maximum absolute atomic E-state index is 11.1. The zero-order chi connectivity index (χ0) is 10.4. The summed E-state index contributed by atoms with van der Waals surface area (Å²) in [5, 5.41) is 0. The fourth-order valence-corrected chi connectivity index (χ4v) is 2.63. The Balaban J connectivity index is 1.84. The van der Waals surface area contributed by atoms with E-state index in [1.165, 1.54) is 6.42 Å². The summed E-state index contributed by atoms with van der Waals surface area (Å²) >= 11 is 0. The molecule has 2 aliphatic rings. The number of H-pyrrole nitrogens is 1. The standard InChI is InChI=1S/C11H14N2O2/c1-6(14)9-5-12-11(13-9)8-4-7-2-3-10(8)15-7/h5,7-8,10H,2-4H2,1H3,(H,12,13). The normalized spacial score (nSPS) is 33.5. The molecule has 1 aromatic rings. The fraction of sp³-hybridized carbons (Fsp3) is 0.636. The molecular formula is C11H14N2O2. The van der Waals surface area contributed by atoms with Crippen LogP contribution in [0, 0.1) is 0 Å². The topological polar surface area (TPSA) is 55.0 Å². The number of aromatic amines is 1. The second kappa shape index (κ2) is 3.17. The molecule has 2 fully saturated rings. The first-order chi connectivity index (χ1) is 7.24. The molecule has 3 rings (SSSR count). The SMILES string of the molecule is CC(=O)c1cnc(C2CC3CCC2O3)[nH]1. The summed E-state index contributed by atoms with van der Waals surface area (Å²) in [7, 11) is 0. The number of fused-ring (bicyclic) bond motifs is 2. The van der Waals surface area contributed by atoms with Crippen molar-refractivity contribution >= 4 is 5.78 Å². The van der Waals surface area contributed by atoms with Crippen molar-refractivity contribution < 1.29 is 9.53 Å². The monoisotopic (exact) mass is 206 g/mol. The predicted molar refractivity (Wildman–Crippen MR) is 53.8 cm³/mol. The highest BCUT2D eigenvalue weighted by Gasteiger charge is 2.42. The molecule has 0 aliphatic carbocycles. The van der Waals surface area contributed by atoms with Gasteiger partial charge in [-0.25, -0.2) is 4.98 Å². The van der Waals surface area contributed by atoms with Crippen LogP contribution in [0.1, 0.15) is 48.4 Å². The minimum atomic E-state index is 0.0397. The molecule has 1 N–H and O–H groups in total. The molecule has 80 valence electrons. The van der Waals surface area contributed by atoms with Crippen molar-refractivity contribution in [2.75, 3.05) is 0 Å². The molecule has 0 aromatic carbocycles. The van der Waals surface area contributed by atoms with Crippen LogP contribution < -0.4 is 0 Å². The Kier molecular flexibility index (Phi) is 1.92. The van der Waals surface area contributed by atoms with E-state index < -0.39 is 0 Å². The number of rotatable bonds is 2. The van der Waals surface area contributed by atoms with Gasteiger partial charge in [-0.15, -0.1) is 0 Å². The molecule has 4 heteroatoms. The molecule has 1 aromatic heterocycles. The van der Waals surface area contributed by atoms with E-state index >= 15 is 0 Å². The lowest BCUT2D eigenvalue weighted by molar-refractivity contribution is 0.0992. The number of ketones is 1. The molecule has 2 saturated heterocycles. The average molecular weight is 206 g/mol. The van der Waals surface area contributed by atoms with Crippen LogP contribution in [0.5, 0.6) is 0 Å². The Labute approximate surface area is 88.0 Å². The highest BCUT2D eigenvalue weighted by atomic mass is 16.5. The highest BCUT2D eigenvalue weighted by Crippen LogP contribution is 2.43. The number of imidazole rings is 1. The first kappa shape index (κ1) is 9.09. The second-order valence-corrected chi connectivity index (χ2v) is 4.45. The van der Waals surface area contributed by atoms with Crippen molar-refractivity contribution in [1.29, 1.82) is 0 Å². The van der Waals surface area contributed by atoms with Crippen molar-refractivity contribution in [2.24, 2.45) is 0 Å². The van der Waals surface area contributed by atoms with Gasteiger partial charge in [0.1, 0.15) is 11.5 Å². The number of carbonyl (C=O) groups excluding carboxylic acids is 1. The second-order valence-electron chi connectivity index (χ2n) is 4.45. The number of nitrogens with one attached hydrogen (secondary N) is 1. The van der Waals surface area contributed by atoms with Crippen LogP contribution in [0.4, 0.5) is 0 Å². The Morgan fingerprint density at radius 3 is 3.00 bits per heavy atom. The summed E-state index contributed by atoms with van der Waals surface area (Å²) in [6, 6.07) is 0. The summed E-state index contributed by atoms with van der Waals surface area (Å²) in [4.78, 5) is 18.5. The molecule has 4 nitrogen and oxygen atoms in total. The number of hydrogen-bond acceptors (Lipinski definition) is 3. The van der Waals surface area contributed by atoms with Gasteiger partial charge < -0.3 is 9.72 Å². The lowest BCUT2D eigenvalue weighted by Gasteiger charge is -2.15. The first-order valence-electron chi connectivity index (χ1n) is 5.45. The number of Topliss-reactive ketones (excluding diaryl/α,β-unsaturated/α-hetero) is 1. The zero-order valence-electron chi connectivity index (χ0n) is 8.69. The summed E-state index contributed by atoms with van der Waals surface area (Å²) in [6.07, 6.45) is 5.73. The van der Waals surface area contributed by atoms with Gasteiger partial charge in [-0.05, 0) is 19.3 Å². The Bertz CT molecular complexity index is 399. The van der Waals surface area contributed by atoms with Gasteiger partial charge in [-0.1, -0.05) is 0 Å². The number of hydrogen-bond donors (Lipinski definition) is 1. The van der Waals surface area contributed by atoms with Crippen molar-refractivity contribution in [1.82, 2.24) is 9.97 Å². The summed E-state index contributed by atoms with van der Waals surface area (Å²) < 4.78 is 5.76. The minimum absolute atomic E-state index is 0.0397. The third-order valence-corrected chi connectivity index (χ3v) is 3.43. The number of ether oxygens (including phenoxy) is 1. The van der Waals surface area contributed by atoms with E-state index in [2.05, 4.69) is 9.97 Å². The highest BCUT2D eigenvalue weighted by molar-refractivity contribution is 5.91. The lowest BCUT2D eigenvalue weighted by Crippen LogP contribution is -2.15. The van der Waals surface area contributed by atoms with Gasteiger partial charge in [-0.2, -0.15) is 0 Å². The fourth-order valence-electron chi connectivity index (χ4n) is 2.63. The van der Waals surface area contributed by atoms with Crippen LogP contribution >= 0.6 is 0 Å². The van der Waals surface area contributed by atoms with Crippen molar-refractivity contribution in [3.05, 3.63) is 17.7 Å². The van der Waals surface area contributed by atoms with E-state index in [1.54, 1.807) is 13.1 Å². The van der Waals surface area contributed by atoms with Crippen LogP contribution in [-0.4, -0.2) is 28.0 Å². The van der Waals surface area contributed by atoms with E-state index in [-0.39, 0.29) is 5.78 Å². The van der Waals surface area contributed by atoms with Crippen LogP contribution in [0.2, 0.25) is 0 Å². The van der Waals surface area contributed by atoms with Crippen molar-refractivity contribution in [2.45, 2.75) is 44.3 Å². The van der Waals surface area contributed by atoms with Crippen molar-refractivity contribution in [3.8, 4) is 0 Å². The molecule has 0 radical (unpaired) electrons. The molecule has 0 spiro atoms. The smallest absolute Gasteiger partial charge is 0.177 e. The average Bonchev–Trinajstić information content (AvgIpc) is 2.93. The van der Waals surface area contributed by atoms with E-state index in [0.717, 1.165) is 18.7 Å². The van der Waals surface area contributed by atoms with Crippen molar-refractivity contribution in [3.63, 3.8) is 0 Å². The van der Waals surface area contributed by atoms with Gasteiger partial charge in [0.2, 0.25) is 0 Å². The molecule has 3 unspecified atom stereocenters. The van der Waals surface area contributed by atoms with Crippen LogP contribution in [0.15, 0.2) is 6.20 Å². The molecule has 2 bridgehead atoms. The molecule has 0 amide bonds. The van der Waals surface area contributed by atoms with E-state index in [9.17, 15) is 4.79 Å². The van der Waals surface area contributed by atoms with Gasteiger partial charge in [-0.3, -0.25) is 4.79 Å². The number of nitrogens with zero attached hydrogens (tertiary/aromatic N) is 1. The van der Waals surface area contributed by atoms with E-state index in [4.69, 9.17) is 4.74 Å². The van der Waals surface area contributed by atoms with Gasteiger partial charge in [0.25, 0.3) is 0 Å². The Morgan fingerprint density at radius 2 is 2.47 bits per heavy atom. The van der Waals surface area contributed by atoms with E-state index in [1.807, 2.05) is 0 Å². The van der Waals surface area contributed by atoms with E-state index in [0.29, 0.717) is 23.8 Å². The molecule has 3 atom stereocenters. The number of carbonyl (C=O) groups is 1. The summed E-state index contributed by atoms with van der Waals surface area (Å²) in [5.41, 5.74) is 0.604. The third-order valence-electron chi connectivity index (χ3n) is 3.43. The van der Waals surface area contributed by atoms with Gasteiger partial charge in [0, 0.05) is 12.8 Å². The number of aromatic nitrogens is 2. The summed E-state index contributed by atoms with van der Waals surface area (Å²) in [5.74, 6) is 1.34. The van der Waals surface area contributed by atoms with Crippen LogP contribution in [-0.2, 0) is 4.74 Å². The minimum Gasteiger partial charge on any atom is -0.374 e. The maximum Gasteiger partial charge on any atom is 0.177 e. The molecular weight excluding hydrogens is 192 g/mol. The van der Waals surface area contributed by atoms with Gasteiger partial charge in [0.15, 0.2) is 5.78 Å². The maximum atomic E-state index is 11.1. The quantitative estimate of drug-likeness (QED) is 0.748. The van der Waals surface area contributed by atoms with Gasteiger partial charge >= 0.3 is 0 Å². The summed E-state index contributed by atoms with van der Waals surface area (Å²) in [6.45, 7) is 1.55. The molecule has 15 heavy (non-hydrogen) atoms. The zero-order valence-corrected chi connectivity index (χ0v) is 8.69. The largest absolute Gasteiger partial charge is 0.374 e. The lowest BCUT2D eigenvalue weighted by atomic mass is 9.89. The first-order valence-corrected chi connectivity index (χ1v) is 5.45. The Hall–Kier alpha value is -1.16. The Morgan fingerprint density at radius 1 is 1.60 bits per heavy atom. The molecule has 0 saturated carbocycles. The van der Waals surface area contributed by atoms with Crippen LogP contribution in [0.3, 0.4) is 0 Å². The third kappa shape index (κ3) is 1.40.